The molecule has 0 aromatic heterocycles. The maximum absolute atomic E-state index is 6.06. The number of hydrogen-bond acceptors (Lipinski definition) is 1. The number of nitrogens with two attached hydrogens (primary N) is 1. The van der Waals surface area contributed by atoms with Gasteiger partial charge < -0.3 is 5.73 Å². The van der Waals surface area contributed by atoms with E-state index in [1.165, 1.54) is 0 Å². The van der Waals surface area contributed by atoms with Crippen LogP contribution in [0.4, 0.5) is 0 Å². The van der Waals surface area contributed by atoms with Gasteiger partial charge in [0.05, 0.1) is 0 Å². The highest BCUT2D eigenvalue weighted by Crippen LogP contribution is 2.55. The SMILES string of the molecule is CC(C)C1C(C(C)(C)N)[C@H]1C. The molecule has 1 fully saturated rings. The van der Waals surface area contributed by atoms with Crippen LogP contribution in [-0.2, 0) is 0 Å². The van der Waals surface area contributed by atoms with Crippen molar-refractivity contribution in [2.75, 3.05) is 0 Å². The Morgan fingerprint density at radius 3 is 1.82 bits per heavy atom. The van der Waals surface area contributed by atoms with Crippen LogP contribution < -0.4 is 5.73 Å². The first-order valence-electron chi connectivity index (χ1n) is 4.64. The Kier molecular flexibility index (Phi) is 2.04. The van der Waals surface area contributed by atoms with E-state index in [1.54, 1.807) is 0 Å². The Labute approximate surface area is 70.4 Å². The Hall–Kier alpha value is -0.0400. The van der Waals surface area contributed by atoms with Gasteiger partial charge in [0, 0.05) is 5.54 Å². The lowest BCUT2D eigenvalue weighted by Crippen LogP contribution is -2.36. The lowest BCUT2D eigenvalue weighted by molar-refractivity contribution is 0.386. The molecule has 0 bridgehead atoms. The van der Waals surface area contributed by atoms with Crippen molar-refractivity contribution in [2.24, 2.45) is 29.4 Å². The summed E-state index contributed by atoms with van der Waals surface area (Å²) in [7, 11) is 0. The normalized spacial score (nSPS) is 37.9. The fraction of sp³-hybridized carbons (Fsp3) is 1.00. The fourth-order valence-corrected chi connectivity index (χ4v) is 2.69. The fourth-order valence-electron chi connectivity index (χ4n) is 2.69. The number of hydrogen-bond donors (Lipinski definition) is 1. The zero-order valence-electron chi connectivity index (χ0n) is 8.39. The maximum Gasteiger partial charge on any atom is 0.0131 e. The second kappa shape index (κ2) is 2.48. The van der Waals surface area contributed by atoms with Crippen LogP contribution in [-0.4, -0.2) is 5.54 Å². The van der Waals surface area contributed by atoms with Gasteiger partial charge in [-0.15, -0.1) is 0 Å². The molecular weight excluding hydrogens is 134 g/mol. The van der Waals surface area contributed by atoms with E-state index in [0.717, 1.165) is 23.7 Å². The van der Waals surface area contributed by atoms with Crippen molar-refractivity contribution in [2.45, 2.75) is 40.2 Å². The van der Waals surface area contributed by atoms with Gasteiger partial charge in [-0.1, -0.05) is 20.8 Å². The summed E-state index contributed by atoms with van der Waals surface area (Å²) in [4.78, 5) is 0. The topological polar surface area (TPSA) is 26.0 Å². The minimum absolute atomic E-state index is 0.0361. The molecule has 0 radical (unpaired) electrons. The summed E-state index contributed by atoms with van der Waals surface area (Å²) in [5, 5.41) is 0. The molecule has 1 nitrogen and oxygen atoms in total. The molecule has 1 saturated carbocycles. The van der Waals surface area contributed by atoms with Crippen molar-refractivity contribution in [3.05, 3.63) is 0 Å². The summed E-state index contributed by atoms with van der Waals surface area (Å²) in [6, 6.07) is 0. The molecular formula is C10H21N. The molecule has 0 spiro atoms. The molecule has 1 aliphatic rings. The average molecular weight is 155 g/mol. The molecule has 0 heterocycles. The third kappa shape index (κ3) is 1.58. The van der Waals surface area contributed by atoms with E-state index in [1.807, 2.05) is 0 Å². The van der Waals surface area contributed by atoms with Crippen LogP contribution in [0.1, 0.15) is 34.6 Å². The molecule has 0 aromatic rings. The highest BCUT2D eigenvalue weighted by molar-refractivity contribution is 5.05. The smallest absolute Gasteiger partial charge is 0.0131 e. The van der Waals surface area contributed by atoms with E-state index >= 15 is 0 Å². The summed E-state index contributed by atoms with van der Waals surface area (Å²) >= 11 is 0. The molecule has 3 atom stereocenters. The molecule has 66 valence electrons. The van der Waals surface area contributed by atoms with Gasteiger partial charge in [0.1, 0.15) is 0 Å². The Morgan fingerprint density at radius 2 is 1.73 bits per heavy atom. The van der Waals surface area contributed by atoms with E-state index in [4.69, 9.17) is 5.73 Å². The molecule has 0 aromatic carbocycles. The van der Waals surface area contributed by atoms with Gasteiger partial charge >= 0.3 is 0 Å². The van der Waals surface area contributed by atoms with Crippen LogP contribution in [0.15, 0.2) is 0 Å². The Balaban J connectivity index is 2.55. The Bertz CT molecular complexity index is 143. The second-order valence-corrected chi connectivity index (χ2v) is 5.03. The molecule has 11 heavy (non-hydrogen) atoms. The van der Waals surface area contributed by atoms with Gasteiger partial charge in [-0.3, -0.25) is 0 Å². The van der Waals surface area contributed by atoms with E-state index < -0.39 is 0 Å². The van der Waals surface area contributed by atoms with Crippen molar-refractivity contribution in [3.8, 4) is 0 Å². The van der Waals surface area contributed by atoms with Crippen molar-refractivity contribution in [3.63, 3.8) is 0 Å². The summed E-state index contributed by atoms with van der Waals surface area (Å²) in [5.74, 6) is 3.27. The van der Waals surface area contributed by atoms with Crippen molar-refractivity contribution < 1.29 is 0 Å². The monoisotopic (exact) mass is 155 g/mol. The van der Waals surface area contributed by atoms with E-state index in [2.05, 4.69) is 34.6 Å². The summed E-state index contributed by atoms with van der Waals surface area (Å²) in [6.45, 7) is 11.2. The molecule has 2 unspecified atom stereocenters. The van der Waals surface area contributed by atoms with Crippen molar-refractivity contribution in [1.82, 2.24) is 0 Å². The van der Waals surface area contributed by atoms with Crippen molar-refractivity contribution >= 4 is 0 Å². The van der Waals surface area contributed by atoms with Crippen LogP contribution in [0.5, 0.6) is 0 Å². The molecule has 0 saturated heterocycles. The van der Waals surface area contributed by atoms with Crippen LogP contribution in [0.25, 0.3) is 0 Å². The molecule has 1 rings (SSSR count). The average Bonchev–Trinajstić information content (AvgIpc) is 2.38. The summed E-state index contributed by atoms with van der Waals surface area (Å²) < 4.78 is 0. The zero-order chi connectivity index (χ0) is 8.81. The van der Waals surface area contributed by atoms with Crippen LogP contribution >= 0.6 is 0 Å². The van der Waals surface area contributed by atoms with Gasteiger partial charge in [-0.2, -0.15) is 0 Å². The minimum atomic E-state index is 0.0361. The minimum Gasteiger partial charge on any atom is -0.325 e. The van der Waals surface area contributed by atoms with Gasteiger partial charge in [-0.25, -0.2) is 0 Å². The summed E-state index contributed by atoms with van der Waals surface area (Å²) in [6.07, 6.45) is 0. The van der Waals surface area contributed by atoms with Gasteiger partial charge in [-0.05, 0) is 37.5 Å². The molecule has 0 amide bonds. The third-order valence-electron chi connectivity index (χ3n) is 3.08. The molecule has 1 aliphatic carbocycles. The van der Waals surface area contributed by atoms with Crippen molar-refractivity contribution in [1.29, 1.82) is 0 Å². The molecule has 1 heteroatoms. The van der Waals surface area contributed by atoms with Crippen LogP contribution in [0.3, 0.4) is 0 Å². The Morgan fingerprint density at radius 1 is 1.27 bits per heavy atom. The first kappa shape index (κ1) is 9.05. The zero-order valence-corrected chi connectivity index (χ0v) is 8.39. The lowest BCUT2D eigenvalue weighted by atomic mass is 9.95. The van der Waals surface area contributed by atoms with Gasteiger partial charge in [0.25, 0.3) is 0 Å². The standard InChI is InChI=1S/C10H21N/c1-6(2)8-7(3)9(8)10(4,5)11/h6-9H,11H2,1-5H3/t7-,8?,9?/m0/s1. The van der Waals surface area contributed by atoms with E-state index in [-0.39, 0.29) is 5.54 Å². The molecule has 2 N–H and O–H groups in total. The van der Waals surface area contributed by atoms with Gasteiger partial charge in [0.15, 0.2) is 0 Å². The highest BCUT2D eigenvalue weighted by Gasteiger charge is 2.54. The van der Waals surface area contributed by atoms with E-state index in [0.29, 0.717) is 0 Å². The molecule has 0 aliphatic heterocycles. The van der Waals surface area contributed by atoms with E-state index in [9.17, 15) is 0 Å². The first-order valence-corrected chi connectivity index (χ1v) is 4.64. The van der Waals surface area contributed by atoms with Gasteiger partial charge in [0.2, 0.25) is 0 Å². The number of rotatable bonds is 2. The summed E-state index contributed by atoms with van der Waals surface area (Å²) in [5.41, 5.74) is 6.10. The first-order chi connectivity index (χ1) is 4.85. The van der Waals surface area contributed by atoms with Crippen LogP contribution in [0, 0.1) is 23.7 Å². The highest BCUT2D eigenvalue weighted by atomic mass is 14.8. The quantitative estimate of drug-likeness (QED) is 0.650. The second-order valence-electron chi connectivity index (χ2n) is 5.03. The van der Waals surface area contributed by atoms with Crippen LogP contribution in [0.2, 0.25) is 0 Å². The predicted octanol–water partition coefficient (Wildman–Crippen LogP) is 2.26. The maximum atomic E-state index is 6.06. The third-order valence-corrected chi connectivity index (χ3v) is 3.08. The lowest BCUT2D eigenvalue weighted by Gasteiger charge is -2.19. The predicted molar refractivity (Wildman–Crippen MR) is 49.2 cm³/mol. The largest absolute Gasteiger partial charge is 0.325 e.